The molecule has 0 spiro atoms. The number of benzene rings is 2. The minimum atomic E-state index is -0.368. The molecule has 0 unspecified atom stereocenters. The molecule has 220 valence electrons. The molecule has 1 aromatic heterocycles. The highest BCUT2D eigenvalue weighted by atomic mass is 16.4. The second-order valence-corrected chi connectivity index (χ2v) is 12.1. The normalized spacial score (nSPS) is 11.8. The molecule has 0 radical (unpaired) electrons. The molecule has 0 aliphatic heterocycles. The van der Waals surface area contributed by atoms with Crippen LogP contribution >= 0.6 is 0 Å². The maximum Gasteiger partial charge on any atom is 0.235 e. The minimum absolute atomic E-state index is 0.237. The van der Waals surface area contributed by atoms with Gasteiger partial charge >= 0.3 is 0 Å². The van der Waals surface area contributed by atoms with Gasteiger partial charge < -0.3 is 18.9 Å². The number of aromatic hydroxyl groups is 1. The van der Waals surface area contributed by atoms with Gasteiger partial charge in [-0.15, -0.1) is 0 Å². The lowest BCUT2D eigenvalue weighted by atomic mass is 10.1. The van der Waals surface area contributed by atoms with E-state index < -0.39 is 0 Å². The zero-order chi connectivity index (χ0) is 29.0. The average molecular weight is 550 g/mol. The van der Waals surface area contributed by atoms with Gasteiger partial charge in [-0.25, -0.2) is 0 Å². The number of fused-ring (bicyclic) bond motifs is 1. The van der Waals surface area contributed by atoms with Gasteiger partial charge in [-0.3, -0.25) is 4.79 Å². The number of hydrogen-bond acceptors (Lipinski definition) is 4. The van der Waals surface area contributed by atoms with E-state index in [0.29, 0.717) is 16.5 Å². The highest BCUT2D eigenvalue weighted by Crippen LogP contribution is 2.32. The van der Waals surface area contributed by atoms with Crippen molar-refractivity contribution >= 4 is 16.7 Å². The van der Waals surface area contributed by atoms with E-state index in [9.17, 15) is 9.90 Å². The Kier molecular flexibility index (Phi) is 12.6. The first-order valence-corrected chi connectivity index (χ1v) is 15.8. The number of hydrogen-bond donors (Lipinski definition) is 1. The van der Waals surface area contributed by atoms with Crippen molar-refractivity contribution in [3.8, 4) is 17.1 Å². The highest BCUT2D eigenvalue weighted by Gasteiger charge is 2.19. The summed E-state index contributed by atoms with van der Waals surface area (Å²) in [5.74, 6) is -0.0800. The molecule has 2 aromatic carbocycles. The van der Waals surface area contributed by atoms with Gasteiger partial charge in [-0.05, 0) is 68.1 Å². The summed E-state index contributed by atoms with van der Waals surface area (Å²) in [4.78, 5) is 15.7. The molecule has 5 nitrogen and oxygen atoms in total. The molecule has 0 aliphatic carbocycles. The second kappa shape index (κ2) is 15.9. The van der Waals surface area contributed by atoms with Crippen LogP contribution in [0, 0.1) is 0 Å². The van der Waals surface area contributed by atoms with Gasteiger partial charge in [-0.2, -0.15) is 0 Å². The first kappa shape index (κ1) is 31.7. The average Bonchev–Trinajstić information content (AvgIpc) is 2.95. The Morgan fingerprint density at radius 2 is 1.38 bits per heavy atom. The van der Waals surface area contributed by atoms with Crippen molar-refractivity contribution in [3.63, 3.8) is 0 Å². The van der Waals surface area contributed by atoms with Crippen LogP contribution in [0.3, 0.4) is 0 Å². The van der Waals surface area contributed by atoms with Crippen molar-refractivity contribution < 1.29 is 14.0 Å². The predicted octanol–water partition coefficient (Wildman–Crippen LogP) is 8.90. The summed E-state index contributed by atoms with van der Waals surface area (Å²) in [7, 11) is 4.50. The van der Waals surface area contributed by atoms with Gasteiger partial charge in [0.25, 0.3) is 0 Å². The number of nitrogens with zero attached hydrogens (tertiary/aromatic N) is 2. The van der Waals surface area contributed by atoms with Crippen LogP contribution in [-0.4, -0.2) is 43.3 Å². The lowest BCUT2D eigenvalue weighted by Gasteiger charge is -2.30. The smallest absolute Gasteiger partial charge is 0.235 e. The summed E-state index contributed by atoms with van der Waals surface area (Å²) in [5, 5.41) is 11.3. The van der Waals surface area contributed by atoms with Crippen molar-refractivity contribution in [1.29, 1.82) is 0 Å². The molecule has 0 saturated carbocycles. The summed E-state index contributed by atoms with van der Waals surface area (Å²) in [5.41, 5.74) is 3.10. The van der Waals surface area contributed by atoms with Crippen molar-refractivity contribution in [1.82, 2.24) is 0 Å². The molecule has 1 N–H and O–H groups in total. The number of anilines is 1. The van der Waals surface area contributed by atoms with Crippen LogP contribution in [-0.2, 0) is 6.54 Å². The topological polar surface area (TPSA) is 53.7 Å². The number of unbranched alkanes of at least 4 members (excludes halogenated alkanes) is 8. The summed E-state index contributed by atoms with van der Waals surface area (Å²) >= 11 is 0. The van der Waals surface area contributed by atoms with Crippen LogP contribution < -0.4 is 10.3 Å². The lowest BCUT2D eigenvalue weighted by molar-refractivity contribution is -0.903. The Morgan fingerprint density at radius 1 is 0.775 bits per heavy atom. The molecule has 0 bridgehead atoms. The third-order valence-electron chi connectivity index (χ3n) is 7.97. The quantitative estimate of drug-likeness (QED) is 0.127. The van der Waals surface area contributed by atoms with E-state index in [4.69, 9.17) is 4.42 Å². The first-order chi connectivity index (χ1) is 19.3. The van der Waals surface area contributed by atoms with Crippen LogP contribution in [0.2, 0.25) is 0 Å². The standard InChI is InChI=1S/C35H52N2O3/c1-6-9-12-13-14-15-16-25-37(4,5)27-28-17-22-32-31(26-28)33(38)34(39)35(40-32)29-18-20-30(21-19-29)36(23-10-7-2)24-11-8-3/h17-22,26H,6-16,23-25,27H2,1-5H3/p+1. The summed E-state index contributed by atoms with van der Waals surface area (Å²) < 4.78 is 7.00. The second-order valence-electron chi connectivity index (χ2n) is 12.1. The van der Waals surface area contributed by atoms with Gasteiger partial charge in [0.2, 0.25) is 11.2 Å². The molecule has 5 heteroatoms. The van der Waals surface area contributed by atoms with E-state index in [1.807, 2.05) is 24.3 Å². The Hall–Kier alpha value is -2.79. The Bertz CT molecular complexity index is 1220. The number of rotatable bonds is 18. The fourth-order valence-electron chi connectivity index (χ4n) is 5.49. The van der Waals surface area contributed by atoms with Crippen LogP contribution in [0.15, 0.2) is 51.7 Å². The molecule has 0 aliphatic rings. The monoisotopic (exact) mass is 549 g/mol. The Labute approximate surface area is 242 Å². The predicted molar refractivity (Wildman–Crippen MR) is 170 cm³/mol. The molecule has 3 aromatic rings. The SMILES string of the molecule is CCCCCCCCC[N+](C)(C)Cc1ccc2oc(-c3ccc(N(CCCC)CCCC)cc3)c(O)c(=O)c2c1. The molecular weight excluding hydrogens is 496 g/mol. The van der Waals surface area contributed by atoms with Crippen molar-refractivity contribution in [2.24, 2.45) is 0 Å². The minimum Gasteiger partial charge on any atom is -0.502 e. The third kappa shape index (κ3) is 9.12. The van der Waals surface area contributed by atoms with Crippen molar-refractivity contribution in [3.05, 3.63) is 58.3 Å². The maximum atomic E-state index is 13.2. The first-order valence-electron chi connectivity index (χ1n) is 15.8. The third-order valence-corrected chi connectivity index (χ3v) is 7.97. The van der Waals surface area contributed by atoms with Crippen LogP contribution in [0.4, 0.5) is 5.69 Å². The molecule has 0 fully saturated rings. The zero-order valence-corrected chi connectivity index (χ0v) is 25.8. The molecule has 3 rings (SSSR count). The van der Waals surface area contributed by atoms with E-state index >= 15 is 0 Å². The zero-order valence-electron chi connectivity index (χ0n) is 25.8. The maximum absolute atomic E-state index is 13.2. The van der Waals surface area contributed by atoms with Gasteiger partial charge in [0.15, 0.2) is 5.76 Å². The molecule has 0 atom stereocenters. The summed E-state index contributed by atoms with van der Waals surface area (Å²) in [6.45, 7) is 10.7. The molecule has 40 heavy (non-hydrogen) atoms. The number of quaternary nitrogens is 1. The van der Waals surface area contributed by atoms with Gasteiger partial charge in [-0.1, -0.05) is 65.7 Å². The molecular formula is C35H53N2O3+. The van der Waals surface area contributed by atoms with Gasteiger partial charge in [0.05, 0.1) is 26.0 Å². The summed E-state index contributed by atoms with van der Waals surface area (Å²) in [6, 6.07) is 13.9. The largest absolute Gasteiger partial charge is 0.502 e. The lowest BCUT2D eigenvalue weighted by Crippen LogP contribution is -2.39. The fraction of sp³-hybridized carbons (Fsp3) is 0.571. The highest BCUT2D eigenvalue weighted by molar-refractivity contribution is 5.82. The van der Waals surface area contributed by atoms with E-state index in [1.165, 1.54) is 44.9 Å². The van der Waals surface area contributed by atoms with Crippen LogP contribution in [0.1, 0.15) is 97.0 Å². The molecule has 1 heterocycles. The molecule has 0 amide bonds. The van der Waals surface area contributed by atoms with Crippen LogP contribution in [0.5, 0.6) is 5.75 Å². The Balaban J connectivity index is 1.73. The van der Waals surface area contributed by atoms with E-state index in [1.54, 1.807) is 0 Å². The Morgan fingerprint density at radius 3 is 2.00 bits per heavy atom. The fourth-order valence-corrected chi connectivity index (χ4v) is 5.49. The molecule has 0 saturated heterocycles. The summed E-state index contributed by atoms with van der Waals surface area (Å²) in [6.07, 6.45) is 13.8. The van der Waals surface area contributed by atoms with Gasteiger partial charge in [0.1, 0.15) is 12.1 Å². The van der Waals surface area contributed by atoms with Crippen molar-refractivity contribution in [2.45, 2.75) is 97.9 Å². The van der Waals surface area contributed by atoms with E-state index in [0.717, 1.165) is 67.6 Å². The van der Waals surface area contributed by atoms with Gasteiger partial charge in [0, 0.05) is 29.9 Å². The van der Waals surface area contributed by atoms with E-state index in [2.05, 4.69) is 58.0 Å². The van der Waals surface area contributed by atoms with E-state index in [-0.39, 0.29) is 16.9 Å². The van der Waals surface area contributed by atoms with Crippen LogP contribution in [0.25, 0.3) is 22.3 Å². The van der Waals surface area contributed by atoms with Crippen molar-refractivity contribution in [2.75, 3.05) is 38.6 Å².